The monoisotopic (exact) mass is 300 g/mol. The number of carboxylic acid groups (broad SMARTS) is 1. The van der Waals surface area contributed by atoms with Crippen molar-refractivity contribution >= 4 is 5.97 Å². The van der Waals surface area contributed by atoms with Crippen LogP contribution in [0.15, 0.2) is 28.7 Å². The van der Waals surface area contributed by atoms with Crippen molar-refractivity contribution in [3.63, 3.8) is 0 Å². The summed E-state index contributed by atoms with van der Waals surface area (Å²) < 4.78 is 38.3. The van der Waals surface area contributed by atoms with Crippen LogP contribution < -0.4 is 4.74 Å². The molecular weight excluding hydrogens is 290 g/mol. The maximum absolute atomic E-state index is 12.0. The Morgan fingerprint density at radius 2 is 2.00 bits per heavy atom. The van der Waals surface area contributed by atoms with Crippen molar-refractivity contribution in [1.82, 2.24) is 10.2 Å². The lowest BCUT2D eigenvalue weighted by Gasteiger charge is -2.03. The third-order valence-electron chi connectivity index (χ3n) is 2.24. The molecule has 0 saturated carbocycles. The molecule has 1 aromatic heterocycles. The van der Waals surface area contributed by atoms with Crippen molar-refractivity contribution in [3.8, 4) is 17.2 Å². The Bertz CT molecular complexity index is 600. The third kappa shape index (κ3) is 4.49. The van der Waals surface area contributed by atoms with Gasteiger partial charge in [0.15, 0.2) is 0 Å². The summed E-state index contributed by atoms with van der Waals surface area (Å²) in [6.07, 6.45) is 0. The Hall–Kier alpha value is -2.55. The minimum atomic E-state index is -2.89. The molecule has 1 aromatic carbocycles. The van der Waals surface area contributed by atoms with E-state index in [0.717, 1.165) is 0 Å². The summed E-state index contributed by atoms with van der Waals surface area (Å²) in [7, 11) is 0. The molecular formula is C12H10F2N2O5. The maximum atomic E-state index is 12.0. The SMILES string of the molecule is O=C(O)COCc1nnc(-c2ccc(OC(F)F)cc2)o1. The number of alkyl halides is 2. The van der Waals surface area contributed by atoms with Crippen LogP contribution in [0.3, 0.4) is 0 Å². The molecule has 0 aliphatic rings. The van der Waals surface area contributed by atoms with Gasteiger partial charge in [0.1, 0.15) is 19.0 Å². The van der Waals surface area contributed by atoms with E-state index in [1.165, 1.54) is 24.3 Å². The van der Waals surface area contributed by atoms with Gasteiger partial charge in [-0.05, 0) is 24.3 Å². The molecule has 0 aliphatic carbocycles. The number of halogens is 2. The topological polar surface area (TPSA) is 94.7 Å². The highest BCUT2D eigenvalue weighted by Crippen LogP contribution is 2.22. The highest BCUT2D eigenvalue weighted by atomic mass is 19.3. The van der Waals surface area contributed by atoms with E-state index >= 15 is 0 Å². The van der Waals surface area contributed by atoms with Gasteiger partial charge in [-0.2, -0.15) is 8.78 Å². The molecule has 0 spiro atoms. The molecule has 1 heterocycles. The molecule has 112 valence electrons. The van der Waals surface area contributed by atoms with Crippen molar-refractivity contribution in [2.75, 3.05) is 6.61 Å². The van der Waals surface area contributed by atoms with Crippen molar-refractivity contribution in [3.05, 3.63) is 30.2 Å². The largest absolute Gasteiger partial charge is 0.480 e. The van der Waals surface area contributed by atoms with Gasteiger partial charge in [0.25, 0.3) is 0 Å². The molecule has 0 amide bonds. The van der Waals surface area contributed by atoms with Gasteiger partial charge in [0.2, 0.25) is 11.8 Å². The van der Waals surface area contributed by atoms with Gasteiger partial charge in [-0.1, -0.05) is 0 Å². The zero-order valence-corrected chi connectivity index (χ0v) is 10.5. The smallest absolute Gasteiger partial charge is 0.387 e. The van der Waals surface area contributed by atoms with Crippen LogP contribution in [0.5, 0.6) is 5.75 Å². The average Bonchev–Trinajstić information content (AvgIpc) is 2.87. The fourth-order valence-electron chi connectivity index (χ4n) is 1.43. The van der Waals surface area contributed by atoms with E-state index in [1.807, 2.05) is 0 Å². The van der Waals surface area contributed by atoms with Gasteiger partial charge in [-0.3, -0.25) is 0 Å². The quantitative estimate of drug-likeness (QED) is 0.834. The van der Waals surface area contributed by atoms with E-state index in [0.29, 0.717) is 5.56 Å². The second kappa shape index (κ2) is 6.75. The number of hydrogen-bond acceptors (Lipinski definition) is 6. The number of benzene rings is 1. The number of aromatic nitrogens is 2. The summed E-state index contributed by atoms with van der Waals surface area (Å²) in [6, 6.07) is 5.64. The van der Waals surface area contributed by atoms with Gasteiger partial charge in [0, 0.05) is 5.56 Å². The minimum Gasteiger partial charge on any atom is -0.480 e. The lowest BCUT2D eigenvalue weighted by atomic mass is 10.2. The van der Waals surface area contributed by atoms with Gasteiger partial charge in [0.05, 0.1) is 0 Å². The van der Waals surface area contributed by atoms with Gasteiger partial charge in [-0.25, -0.2) is 4.79 Å². The van der Waals surface area contributed by atoms with Crippen LogP contribution in [0.25, 0.3) is 11.5 Å². The van der Waals surface area contributed by atoms with E-state index in [-0.39, 0.29) is 24.1 Å². The second-order valence-corrected chi connectivity index (χ2v) is 3.79. The summed E-state index contributed by atoms with van der Waals surface area (Å²) >= 11 is 0. The number of aliphatic carboxylic acids is 1. The zero-order chi connectivity index (χ0) is 15.2. The number of rotatable bonds is 7. The predicted molar refractivity (Wildman–Crippen MR) is 63.7 cm³/mol. The number of ether oxygens (including phenoxy) is 2. The lowest BCUT2D eigenvalue weighted by Crippen LogP contribution is -2.06. The molecule has 9 heteroatoms. The van der Waals surface area contributed by atoms with Crippen molar-refractivity contribution in [2.45, 2.75) is 13.2 Å². The van der Waals surface area contributed by atoms with Crippen molar-refractivity contribution < 1.29 is 32.6 Å². The summed E-state index contributed by atoms with van der Waals surface area (Å²) in [4.78, 5) is 10.3. The van der Waals surface area contributed by atoms with Crippen molar-refractivity contribution in [1.29, 1.82) is 0 Å². The first-order valence-electron chi connectivity index (χ1n) is 5.72. The first-order chi connectivity index (χ1) is 10.0. The average molecular weight is 300 g/mol. The Morgan fingerprint density at radius 3 is 2.62 bits per heavy atom. The van der Waals surface area contributed by atoms with Crippen LogP contribution in [-0.4, -0.2) is 34.5 Å². The van der Waals surface area contributed by atoms with E-state index in [2.05, 4.69) is 14.9 Å². The van der Waals surface area contributed by atoms with E-state index in [9.17, 15) is 13.6 Å². The molecule has 0 bridgehead atoms. The summed E-state index contributed by atoms with van der Waals surface area (Å²) in [6.45, 7) is -3.50. The number of nitrogens with zero attached hydrogens (tertiary/aromatic N) is 2. The molecule has 2 rings (SSSR count). The Balaban J connectivity index is 1.98. The maximum Gasteiger partial charge on any atom is 0.387 e. The second-order valence-electron chi connectivity index (χ2n) is 3.79. The predicted octanol–water partition coefficient (Wildman–Crippen LogP) is 1.94. The van der Waals surface area contributed by atoms with Crippen LogP contribution in [0.2, 0.25) is 0 Å². The Labute approximate surface area is 117 Å². The Kier molecular flexibility index (Phi) is 4.77. The van der Waals surface area contributed by atoms with E-state index < -0.39 is 19.2 Å². The fraction of sp³-hybridized carbons (Fsp3) is 0.250. The van der Waals surface area contributed by atoms with Gasteiger partial charge >= 0.3 is 12.6 Å². The highest BCUT2D eigenvalue weighted by Gasteiger charge is 2.10. The molecule has 2 aromatic rings. The molecule has 0 radical (unpaired) electrons. The first-order valence-corrected chi connectivity index (χ1v) is 5.72. The van der Waals surface area contributed by atoms with Crippen molar-refractivity contribution in [2.24, 2.45) is 0 Å². The molecule has 7 nitrogen and oxygen atoms in total. The van der Waals surface area contributed by atoms with Crippen LogP contribution in [0.4, 0.5) is 8.78 Å². The normalized spacial score (nSPS) is 10.8. The molecule has 0 fully saturated rings. The van der Waals surface area contributed by atoms with E-state index in [1.54, 1.807) is 0 Å². The van der Waals surface area contributed by atoms with Crippen LogP contribution in [-0.2, 0) is 16.1 Å². The third-order valence-corrected chi connectivity index (χ3v) is 2.24. The summed E-state index contributed by atoms with van der Waals surface area (Å²) in [5, 5.41) is 15.8. The highest BCUT2D eigenvalue weighted by molar-refractivity contribution is 5.67. The summed E-state index contributed by atoms with van der Waals surface area (Å²) in [5.74, 6) is -0.825. The van der Waals surface area contributed by atoms with Crippen LogP contribution >= 0.6 is 0 Å². The molecule has 0 atom stereocenters. The molecule has 21 heavy (non-hydrogen) atoms. The standard InChI is InChI=1S/C12H10F2N2O5/c13-12(14)20-8-3-1-7(2-4-8)11-16-15-9(21-11)5-19-6-10(17)18/h1-4,12H,5-6H2,(H,17,18). The number of carbonyl (C=O) groups is 1. The van der Waals surface area contributed by atoms with E-state index in [4.69, 9.17) is 14.3 Å². The zero-order valence-electron chi connectivity index (χ0n) is 10.5. The van der Waals surface area contributed by atoms with Crippen LogP contribution in [0.1, 0.15) is 5.89 Å². The summed E-state index contributed by atoms with van der Waals surface area (Å²) in [5.41, 5.74) is 0.508. The van der Waals surface area contributed by atoms with Gasteiger partial charge in [-0.15, -0.1) is 10.2 Å². The first kappa shape index (κ1) is 14.9. The minimum absolute atomic E-state index is 0.0123. The van der Waals surface area contributed by atoms with Crippen LogP contribution in [0, 0.1) is 0 Å². The number of carboxylic acids is 1. The molecule has 0 saturated heterocycles. The lowest BCUT2D eigenvalue weighted by molar-refractivity contribution is -0.142. The number of hydrogen-bond donors (Lipinski definition) is 1. The molecule has 0 unspecified atom stereocenters. The Morgan fingerprint density at radius 1 is 1.29 bits per heavy atom. The molecule has 1 N–H and O–H groups in total. The fourth-order valence-corrected chi connectivity index (χ4v) is 1.43. The van der Waals surface area contributed by atoms with Gasteiger partial charge < -0.3 is 19.0 Å². The molecule has 0 aliphatic heterocycles.